The number of hydrogen-bond acceptors (Lipinski definition) is 6. The Balaban J connectivity index is 1.43. The molecule has 0 saturated heterocycles. The molecule has 1 aromatic heterocycles. The van der Waals surface area contributed by atoms with Gasteiger partial charge in [0.15, 0.2) is 6.23 Å². The molecule has 0 saturated carbocycles. The maximum atomic E-state index is 12.9. The zero-order valence-corrected chi connectivity index (χ0v) is 19.7. The number of rotatable bonds is 9. The van der Waals surface area contributed by atoms with Gasteiger partial charge in [0, 0.05) is 39.0 Å². The molecule has 0 amide bonds. The molecule has 0 radical (unpaired) electrons. The molecule has 1 aliphatic rings. The Kier molecular flexibility index (Phi) is 7.42. The van der Waals surface area contributed by atoms with E-state index in [-0.39, 0.29) is 11.8 Å². The molecule has 2 aromatic carbocycles. The van der Waals surface area contributed by atoms with Gasteiger partial charge in [-0.2, -0.15) is 0 Å². The summed E-state index contributed by atoms with van der Waals surface area (Å²) in [5.41, 5.74) is 3.98. The number of ether oxygens (including phenoxy) is 1. The predicted octanol–water partition coefficient (Wildman–Crippen LogP) is 3.62. The second-order valence-electron chi connectivity index (χ2n) is 8.83. The van der Waals surface area contributed by atoms with Gasteiger partial charge in [-0.25, -0.2) is 4.98 Å². The molecular weight excluding hydrogens is 414 g/mol. The van der Waals surface area contributed by atoms with Crippen molar-refractivity contribution in [2.75, 3.05) is 26.0 Å². The van der Waals surface area contributed by atoms with Crippen LogP contribution in [-0.2, 0) is 26.1 Å². The quantitative estimate of drug-likeness (QED) is 0.488. The van der Waals surface area contributed by atoms with Gasteiger partial charge in [0.25, 0.3) is 5.56 Å². The van der Waals surface area contributed by atoms with Crippen molar-refractivity contribution in [3.05, 3.63) is 87.3 Å². The van der Waals surface area contributed by atoms with Crippen molar-refractivity contribution in [3.63, 3.8) is 0 Å². The van der Waals surface area contributed by atoms with Crippen molar-refractivity contribution in [1.29, 1.82) is 0 Å². The topological polar surface area (TPSA) is 73.5 Å². The van der Waals surface area contributed by atoms with Gasteiger partial charge >= 0.3 is 0 Å². The van der Waals surface area contributed by atoms with Crippen molar-refractivity contribution in [2.45, 2.75) is 45.6 Å². The highest BCUT2D eigenvalue weighted by molar-refractivity contribution is 5.33. The summed E-state index contributed by atoms with van der Waals surface area (Å²) in [7, 11) is 4.09. The van der Waals surface area contributed by atoms with E-state index in [2.05, 4.69) is 44.4 Å². The Bertz CT molecular complexity index is 1110. The lowest BCUT2D eigenvalue weighted by atomic mass is 10.1. The number of aromatic nitrogens is 2. The maximum absolute atomic E-state index is 12.9. The van der Waals surface area contributed by atoms with Crippen LogP contribution in [0.4, 0.5) is 5.95 Å². The number of hydrogen-bond donors (Lipinski definition) is 2. The van der Waals surface area contributed by atoms with Crippen LogP contribution < -0.4 is 15.6 Å². The molecule has 7 heteroatoms. The zero-order chi connectivity index (χ0) is 23.2. The number of nitrogens with one attached hydrogen (secondary N) is 2. The van der Waals surface area contributed by atoms with E-state index in [0.717, 1.165) is 49.5 Å². The van der Waals surface area contributed by atoms with E-state index in [9.17, 15) is 4.79 Å². The van der Waals surface area contributed by atoms with E-state index < -0.39 is 0 Å². The van der Waals surface area contributed by atoms with E-state index in [4.69, 9.17) is 9.72 Å². The van der Waals surface area contributed by atoms with Crippen LogP contribution in [0.15, 0.2) is 59.4 Å². The van der Waals surface area contributed by atoms with Crippen molar-refractivity contribution in [1.82, 2.24) is 19.8 Å². The fourth-order valence-corrected chi connectivity index (χ4v) is 4.14. The lowest BCUT2D eigenvalue weighted by molar-refractivity contribution is 0.223. The van der Waals surface area contributed by atoms with E-state index in [0.29, 0.717) is 12.5 Å². The Morgan fingerprint density at radius 2 is 1.94 bits per heavy atom. The molecule has 2 N–H and O–H groups in total. The molecule has 0 spiro atoms. The van der Waals surface area contributed by atoms with E-state index >= 15 is 0 Å². The summed E-state index contributed by atoms with van der Waals surface area (Å²) < 4.78 is 6.16. The summed E-state index contributed by atoms with van der Waals surface area (Å²) in [6, 6.07) is 18.4. The molecule has 3 aromatic rings. The van der Waals surface area contributed by atoms with E-state index in [1.54, 1.807) is 0 Å². The van der Waals surface area contributed by atoms with Gasteiger partial charge < -0.3 is 15.0 Å². The fourth-order valence-electron chi connectivity index (χ4n) is 4.14. The largest absolute Gasteiger partial charge is 0.471 e. The Hall–Kier alpha value is -3.16. The average molecular weight is 448 g/mol. The molecule has 4 rings (SSSR count). The molecule has 2 heterocycles. The number of nitrogens with zero attached hydrogens (tertiary/aromatic N) is 3. The molecule has 174 valence electrons. The van der Waals surface area contributed by atoms with Gasteiger partial charge in [-0.3, -0.25) is 14.7 Å². The number of aromatic amines is 1. The Labute approximate surface area is 195 Å². The van der Waals surface area contributed by atoms with Crippen LogP contribution >= 0.6 is 0 Å². The van der Waals surface area contributed by atoms with Crippen LogP contribution in [0.5, 0.6) is 5.75 Å². The highest BCUT2D eigenvalue weighted by Crippen LogP contribution is 2.20. The summed E-state index contributed by atoms with van der Waals surface area (Å²) in [5.74, 6) is 1.26. The number of H-pyrrole nitrogens is 1. The minimum atomic E-state index is -0.293. The molecule has 7 nitrogen and oxygen atoms in total. The van der Waals surface area contributed by atoms with Gasteiger partial charge in [0.2, 0.25) is 5.95 Å². The zero-order valence-electron chi connectivity index (χ0n) is 19.7. The minimum absolute atomic E-state index is 0.0805. The van der Waals surface area contributed by atoms with Gasteiger partial charge in [0.1, 0.15) is 5.75 Å². The van der Waals surface area contributed by atoms with Gasteiger partial charge in [0.05, 0.1) is 11.3 Å². The van der Waals surface area contributed by atoms with Crippen LogP contribution in [-0.4, -0.2) is 46.6 Å². The van der Waals surface area contributed by atoms with Crippen molar-refractivity contribution in [3.8, 4) is 5.75 Å². The number of fused-ring (bicyclic) bond motifs is 1. The van der Waals surface area contributed by atoms with Gasteiger partial charge in [-0.1, -0.05) is 49.4 Å². The SMILES string of the molecule is CCC(Nc1nc2c(c(=O)[nH]1)CN(Cc1ccccc1)CC2)Oc1cccc(CN(C)C)c1. The van der Waals surface area contributed by atoms with E-state index in [1.807, 2.05) is 51.4 Å². The van der Waals surface area contributed by atoms with Crippen molar-refractivity contribution >= 4 is 5.95 Å². The molecule has 1 atom stereocenters. The average Bonchev–Trinajstić information content (AvgIpc) is 2.79. The third kappa shape index (κ3) is 6.21. The minimum Gasteiger partial charge on any atom is -0.471 e. The highest BCUT2D eigenvalue weighted by atomic mass is 16.5. The van der Waals surface area contributed by atoms with Crippen LogP contribution in [0, 0.1) is 0 Å². The fraction of sp³-hybridized carbons (Fsp3) is 0.385. The highest BCUT2D eigenvalue weighted by Gasteiger charge is 2.22. The summed E-state index contributed by atoms with van der Waals surface area (Å²) in [4.78, 5) is 24.9. The smallest absolute Gasteiger partial charge is 0.257 e. The Morgan fingerprint density at radius 3 is 2.70 bits per heavy atom. The number of benzene rings is 2. The summed E-state index contributed by atoms with van der Waals surface area (Å²) >= 11 is 0. The van der Waals surface area contributed by atoms with Gasteiger partial charge in [-0.15, -0.1) is 0 Å². The predicted molar refractivity (Wildman–Crippen MR) is 131 cm³/mol. The molecule has 0 bridgehead atoms. The molecule has 1 unspecified atom stereocenters. The molecule has 33 heavy (non-hydrogen) atoms. The third-order valence-electron chi connectivity index (χ3n) is 5.74. The molecule has 1 aliphatic heterocycles. The second-order valence-corrected chi connectivity index (χ2v) is 8.83. The standard InChI is InChI=1S/C26H33N5O2/c1-4-24(33-21-12-8-11-20(15-21)16-30(2)3)28-26-27-23-13-14-31(18-22(23)25(32)29-26)17-19-9-6-5-7-10-19/h5-12,15,24H,4,13-14,16-18H2,1-3H3,(H2,27,28,29,32). The lowest BCUT2D eigenvalue weighted by Gasteiger charge is -2.28. The first-order valence-electron chi connectivity index (χ1n) is 11.6. The first-order chi connectivity index (χ1) is 16.0. The number of anilines is 1. The van der Waals surface area contributed by atoms with Crippen molar-refractivity contribution < 1.29 is 4.74 Å². The van der Waals surface area contributed by atoms with Crippen LogP contribution in [0.3, 0.4) is 0 Å². The van der Waals surface area contributed by atoms with Crippen molar-refractivity contribution in [2.24, 2.45) is 0 Å². The molecule has 0 aliphatic carbocycles. The first-order valence-corrected chi connectivity index (χ1v) is 11.6. The third-order valence-corrected chi connectivity index (χ3v) is 5.74. The monoisotopic (exact) mass is 447 g/mol. The summed E-state index contributed by atoms with van der Waals surface area (Å²) in [6.07, 6.45) is 1.19. The normalized spacial score (nSPS) is 14.7. The first kappa shape index (κ1) is 23.0. The van der Waals surface area contributed by atoms with Crippen LogP contribution in [0.25, 0.3) is 0 Å². The summed E-state index contributed by atoms with van der Waals surface area (Å²) in [5, 5.41) is 3.27. The Morgan fingerprint density at radius 1 is 1.15 bits per heavy atom. The maximum Gasteiger partial charge on any atom is 0.257 e. The van der Waals surface area contributed by atoms with Crippen LogP contribution in [0.1, 0.15) is 35.7 Å². The second kappa shape index (κ2) is 10.6. The van der Waals surface area contributed by atoms with Crippen LogP contribution in [0.2, 0.25) is 0 Å². The van der Waals surface area contributed by atoms with Gasteiger partial charge in [-0.05, 0) is 37.4 Å². The molecule has 0 fully saturated rings. The molecular formula is C26H33N5O2. The van der Waals surface area contributed by atoms with E-state index in [1.165, 1.54) is 11.1 Å². The lowest BCUT2D eigenvalue weighted by Crippen LogP contribution is -2.36. The summed E-state index contributed by atoms with van der Waals surface area (Å²) in [6.45, 7) is 5.21.